The van der Waals surface area contributed by atoms with Crippen LogP contribution < -0.4 is 5.32 Å². The lowest BCUT2D eigenvalue weighted by molar-refractivity contribution is -0.139. The van der Waals surface area contributed by atoms with Crippen molar-refractivity contribution in [2.45, 2.75) is 19.8 Å². The van der Waals surface area contributed by atoms with Crippen molar-refractivity contribution in [1.82, 2.24) is 10.2 Å². The largest absolute Gasteiger partial charge is 0.463 e. The van der Waals surface area contributed by atoms with E-state index in [-0.39, 0.29) is 11.9 Å². The first-order valence-electron chi connectivity index (χ1n) is 5.18. The summed E-state index contributed by atoms with van der Waals surface area (Å²) >= 11 is 0. The maximum atomic E-state index is 11.6. The number of ether oxygens (including phenoxy) is 1. The lowest BCUT2D eigenvalue weighted by Gasteiger charge is -2.24. The van der Waals surface area contributed by atoms with Crippen molar-refractivity contribution in [2.75, 3.05) is 19.7 Å². The van der Waals surface area contributed by atoms with Gasteiger partial charge in [-0.05, 0) is 13.3 Å². The summed E-state index contributed by atoms with van der Waals surface area (Å²) in [5, 5.41) is 3.06. The zero-order chi connectivity index (χ0) is 10.8. The summed E-state index contributed by atoms with van der Waals surface area (Å²) < 4.78 is 4.95. The molecule has 1 fully saturated rings. The second kappa shape index (κ2) is 3.92. The minimum atomic E-state index is -0.306. The minimum absolute atomic E-state index is 0.0862. The number of nitrogens with one attached hydrogen (secondary N) is 1. The first kappa shape index (κ1) is 10.0. The van der Waals surface area contributed by atoms with E-state index in [4.69, 9.17) is 4.74 Å². The van der Waals surface area contributed by atoms with Crippen LogP contribution in [0.15, 0.2) is 11.4 Å². The van der Waals surface area contributed by atoms with E-state index in [0.717, 1.165) is 0 Å². The molecule has 0 aromatic rings. The van der Waals surface area contributed by atoms with Crippen molar-refractivity contribution >= 4 is 11.9 Å². The van der Waals surface area contributed by atoms with Gasteiger partial charge in [-0.2, -0.15) is 0 Å². The molecule has 5 heteroatoms. The molecule has 5 nitrogen and oxygen atoms in total. The Morgan fingerprint density at radius 1 is 1.53 bits per heavy atom. The highest BCUT2D eigenvalue weighted by atomic mass is 16.5. The average molecular weight is 210 g/mol. The highest BCUT2D eigenvalue weighted by molar-refractivity contribution is 5.93. The smallest absolute Gasteiger partial charge is 0.337 e. The summed E-state index contributed by atoms with van der Waals surface area (Å²) in [6, 6.07) is 0. The van der Waals surface area contributed by atoms with E-state index in [1.54, 1.807) is 11.8 Å². The molecule has 15 heavy (non-hydrogen) atoms. The molecule has 0 spiro atoms. The predicted molar refractivity (Wildman–Crippen MR) is 52.6 cm³/mol. The third-order valence-electron chi connectivity index (χ3n) is 2.60. The molecule has 2 heterocycles. The Balaban J connectivity index is 2.25. The molecule has 2 aliphatic heterocycles. The molecule has 0 unspecified atom stereocenters. The maximum absolute atomic E-state index is 11.6. The van der Waals surface area contributed by atoms with Gasteiger partial charge in [-0.25, -0.2) is 4.79 Å². The first-order valence-corrected chi connectivity index (χ1v) is 5.18. The quantitative estimate of drug-likeness (QED) is 0.651. The van der Waals surface area contributed by atoms with Crippen LogP contribution in [-0.2, 0) is 14.3 Å². The van der Waals surface area contributed by atoms with Gasteiger partial charge in [0.25, 0.3) is 0 Å². The molecule has 0 aliphatic carbocycles. The summed E-state index contributed by atoms with van der Waals surface area (Å²) in [5.74, 6) is 0.437. The summed E-state index contributed by atoms with van der Waals surface area (Å²) in [7, 11) is 0. The molecule has 1 amide bonds. The van der Waals surface area contributed by atoms with Crippen LogP contribution in [0.2, 0.25) is 0 Å². The molecule has 0 saturated carbocycles. The Hall–Kier alpha value is -1.52. The van der Waals surface area contributed by atoms with Crippen molar-refractivity contribution in [3.8, 4) is 0 Å². The molecule has 1 saturated heterocycles. The number of carbonyl (C=O) groups is 2. The van der Waals surface area contributed by atoms with Gasteiger partial charge in [-0.3, -0.25) is 9.69 Å². The van der Waals surface area contributed by atoms with Gasteiger partial charge < -0.3 is 10.1 Å². The number of amides is 1. The van der Waals surface area contributed by atoms with Gasteiger partial charge in [-0.1, -0.05) is 0 Å². The molecule has 0 radical (unpaired) electrons. The van der Waals surface area contributed by atoms with E-state index in [9.17, 15) is 9.59 Å². The van der Waals surface area contributed by atoms with Gasteiger partial charge in [0.05, 0.1) is 12.2 Å². The van der Waals surface area contributed by atoms with E-state index >= 15 is 0 Å². The SMILES string of the molecule is CCOC(=O)C1=C2NCCN2C(=O)CC1. The van der Waals surface area contributed by atoms with Gasteiger partial charge in [0, 0.05) is 19.5 Å². The fraction of sp³-hybridized carbons (Fsp3) is 0.600. The number of rotatable bonds is 2. The predicted octanol–water partition coefficient (Wildman–Crippen LogP) is -0.0133. The van der Waals surface area contributed by atoms with Crippen molar-refractivity contribution in [2.24, 2.45) is 0 Å². The molecule has 2 aliphatic rings. The zero-order valence-corrected chi connectivity index (χ0v) is 8.71. The topological polar surface area (TPSA) is 58.6 Å². The second-order valence-corrected chi connectivity index (χ2v) is 3.52. The highest BCUT2D eigenvalue weighted by Gasteiger charge is 2.33. The Morgan fingerprint density at radius 2 is 2.33 bits per heavy atom. The van der Waals surface area contributed by atoms with Crippen LogP contribution in [-0.4, -0.2) is 36.5 Å². The molecule has 0 bridgehead atoms. The number of fused-ring (bicyclic) bond motifs is 1. The summed E-state index contributed by atoms with van der Waals surface area (Å²) in [5.41, 5.74) is 0.606. The van der Waals surface area contributed by atoms with Crippen molar-refractivity contribution < 1.29 is 14.3 Å². The molecule has 0 aromatic heterocycles. The van der Waals surface area contributed by atoms with Crippen molar-refractivity contribution in [1.29, 1.82) is 0 Å². The van der Waals surface area contributed by atoms with Crippen LogP contribution in [0.25, 0.3) is 0 Å². The lowest BCUT2D eigenvalue weighted by Crippen LogP contribution is -2.34. The number of hydrogen-bond acceptors (Lipinski definition) is 4. The molecule has 2 rings (SSSR count). The summed E-state index contributed by atoms with van der Waals surface area (Å²) in [6.45, 7) is 3.50. The van der Waals surface area contributed by atoms with E-state index in [1.807, 2.05) is 0 Å². The van der Waals surface area contributed by atoms with Crippen LogP contribution >= 0.6 is 0 Å². The van der Waals surface area contributed by atoms with Crippen LogP contribution in [0.1, 0.15) is 19.8 Å². The van der Waals surface area contributed by atoms with Crippen molar-refractivity contribution in [3.63, 3.8) is 0 Å². The number of carbonyl (C=O) groups excluding carboxylic acids is 2. The Bertz CT molecular complexity index is 336. The van der Waals surface area contributed by atoms with E-state index in [0.29, 0.717) is 43.9 Å². The van der Waals surface area contributed by atoms with Crippen LogP contribution in [0.3, 0.4) is 0 Å². The van der Waals surface area contributed by atoms with Gasteiger partial charge in [0.2, 0.25) is 5.91 Å². The molecule has 82 valence electrons. The lowest BCUT2D eigenvalue weighted by atomic mass is 10.1. The fourth-order valence-corrected chi connectivity index (χ4v) is 1.91. The number of esters is 1. The monoisotopic (exact) mass is 210 g/mol. The molecule has 1 N–H and O–H groups in total. The summed E-state index contributed by atoms with van der Waals surface area (Å²) in [6.07, 6.45) is 0.885. The average Bonchev–Trinajstić information content (AvgIpc) is 2.68. The molecular weight excluding hydrogens is 196 g/mol. The Morgan fingerprint density at radius 3 is 3.07 bits per heavy atom. The van der Waals surface area contributed by atoms with Gasteiger partial charge >= 0.3 is 5.97 Å². The third kappa shape index (κ3) is 1.69. The number of nitrogens with zero attached hydrogens (tertiary/aromatic N) is 1. The molecule has 0 aromatic carbocycles. The summed E-state index contributed by atoms with van der Waals surface area (Å²) in [4.78, 5) is 24.7. The van der Waals surface area contributed by atoms with Gasteiger partial charge in [0.1, 0.15) is 5.82 Å². The zero-order valence-electron chi connectivity index (χ0n) is 8.71. The van der Waals surface area contributed by atoms with E-state index in [1.165, 1.54) is 0 Å². The highest BCUT2D eigenvalue weighted by Crippen LogP contribution is 2.24. The van der Waals surface area contributed by atoms with Gasteiger partial charge in [0.15, 0.2) is 0 Å². The molecular formula is C10H14N2O3. The van der Waals surface area contributed by atoms with Crippen LogP contribution in [0.5, 0.6) is 0 Å². The second-order valence-electron chi connectivity index (χ2n) is 3.52. The van der Waals surface area contributed by atoms with E-state index < -0.39 is 0 Å². The van der Waals surface area contributed by atoms with E-state index in [2.05, 4.69) is 5.32 Å². The van der Waals surface area contributed by atoms with Gasteiger partial charge in [-0.15, -0.1) is 0 Å². The molecule has 0 atom stereocenters. The maximum Gasteiger partial charge on any atom is 0.337 e. The third-order valence-corrected chi connectivity index (χ3v) is 2.60. The van der Waals surface area contributed by atoms with Crippen LogP contribution in [0.4, 0.5) is 0 Å². The Kier molecular flexibility index (Phi) is 2.62. The first-order chi connectivity index (χ1) is 7.24. The Labute approximate surface area is 88.1 Å². The normalized spacial score (nSPS) is 20.1. The fourth-order valence-electron chi connectivity index (χ4n) is 1.91. The standard InChI is InChI=1S/C10H14N2O3/c1-2-15-10(14)7-3-4-8(13)12-6-5-11-9(7)12/h11H,2-6H2,1H3. The van der Waals surface area contributed by atoms with Crippen molar-refractivity contribution in [3.05, 3.63) is 11.4 Å². The number of hydrogen-bond donors (Lipinski definition) is 1. The minimum Gasteiger partial charge on any atom is -0.463 e. The van der Waals surface area contributed by atoms with Crippen LogP contribution in [0, 0.1) is 0 Å².